The lowest BCUT2D eigenvalue weighted by molar-refractivity contribution is -0.116. The third-order valence-corrected chi connectivity index (χ3v) is 3.67. The second-order valence-corrected chi connectivity index (χ2v) is 5.71. The molecule has 7 nitrogen and oxygen atoms in total. The molecule has 3 rings (SSSR count). The number of nitrogens with zero attached hydrogens (tertiary/aromatic N) is 3. The molecule has 1 aromatic carbocycles. The second kappa shape index (κ2) is 6.66. The molecule has 7 heteroatoms. The molecular weight excluding hydrogens is 306 g/mol. The number of hydrogen-bond acceptors (Lipinski definition) is 4. The minimum absolute atomic E-state index is 0.142. The number of hydrogen-bond donors (Lipinski definition) is 2. The predicted molar refractivity (Wildman–Crippen MR) is 91.9 cm³/mol. The Morgan fingerprint density at radius 1 is 1.29 bits per heavy atom. The standard InChI is InChI=1S/C17H19N5O2/c1-3-4-5-14(23)18-13-10-15(24)19-17-20-16(21-22(13)17)12-8-6-11(2)7-9-12/h6-10H,3-5H2,1-2H3,(H,18,23)(H,19,20,21,24). The van der Waals surface area contributed by atoms with Gasteiger partial charge < -0.3 is 5.32 Å². The Morgan fingerprint density at radius 3 is 2.75 bits per heavy atom. The van der Waals surface area contributed by atoms with E-state index >= 15 is 0 Å². The van der Waals surface area contributed by atoms with Crippen LogP contribution in [0.5, 0.6) is 0 Å². The van der Waals surface area contributed by atoms with E-state index in [4.69, 9.17) is 0 Å². The Morgan fingerprint density at radius 2 is 2.04 bits per heavy atom. The van der Waals surface area contributed by atoms with Crippen molar-refractivity contribution in [2.75, 3.05) is 5.32 Å². The maximum Gasteiger partial charge on any atom is 0.254 e. The van der Waals surface area contributed by atoms with Crippen molar-refractivity contribution in [2.24, 2.45) is 0 Å². The Hall–Kier alpha value is -2.96. The van der Waals surface area contributed by atoms with E-state index in [-0.39, 0.29) is 11.5 Å². The summed E-state index contributed by atoms with van der Waals surface area (Å²) < 4.78 is 1.44. The minimum atomic E-state index is -0.337. The van der Waals surface area contributed by atoms with Gasteiger partial charge in [-0.25, -0.2) is 0 Å². The molecule has 0 bridgehead atoms. The zero-order valence-corrected chi connectivity index (χ0v) is 13.7. The number of carbonyl (C=O) groups excluding carboxylic acids is 1. The number of aryl methyl sites for hydroxylation is 1. The van der Waals surface area contributed by atoms with Gasteiger partial charge in [-0.3, -0.25) is 14.6 Å². The normalized spacial score (nSPS) is 10.9. The number of nitrogens with one attached hydrogen (secondary N) is 2. The van der Waals surface area contributed by atoms with Crippen molar-refractivity contribution in [3.05, 3.63) is 46.2 Å². The molecular formula is C17H19N5O2. The Labute approximate surface area is 138 Å². The summed E-state index contributed by atoms with van der Waals surface area (Å²) in [5, 5.41) is 7.14. The fourth-order valence-electron chi connectivity index (χ4n) is 2.35. The number of carbonyl (C=O) groups is 1. The van der Waals surface area contributed by atoms with Crippen molar-refractivity contribution in [1.29, 1.82) is 0 Å². The van der Waals surface area contributed by atoms with E-state index in [1.165, 1.54) is 10.6 Å². The van der Waals surface area contributed by atoms with Crippen molar-refractivity contribution in [2.45, 2.75) is 33.1 Å². The maximum absolute atomic E-state index is 12.0. The fraction of sp³-hybridized carbons (Fsp3) is 0.294. The first kappa shape index (κ1) is 15.9. The van der Waals surface area contributed by atoms with Crippen LogP contribution in [0.2, 0.25) is 0 Å². The van der Waals surface area contributed by atoms with Crippen molar-refractivity contribution in [3.8, 4) is 11.4 Å². The topological polar surface area (TPSA) is 92.1 Å². The van der Waals surface area contributed by atoms with Crippen molar-refractivity contribution < 1.29 is 4.79 Å². The molecule has 1 amide bonds. The summed E-state index contributed by atoms with van der Waals surface area (Å²) in [6.45, 7) is 4.02. The SMILES string of the molecule is CCCCC(=O)Nc1cc(=O)[nH]c2nc(-c3ccc(C)cc3)nn12. The summed E-state index contributed by atoms with van der Waals surface area (Å²) in [6.07, 6.45) is 2.13. The lowest BCUT2D eigenvalue weighted by atomic mass is 10.1. The van der Waals surface area contributed by atoms with Crippen LogP contribution in [-0.4, -0.2) is 25.5 Å². The number of H-pyrrole nitrogens is 1. The lowest BCUT2D eigenvalue weighted by Gasteiger charge is -2.05. The molecule has 0 aliphatic rings. The second-order valence-electron chi connectivity index (χ2n) is 5.71. The Bertz CT molecular complexity index is 924. The molecule has 24 heavy (non-hydrogen) atoms. The number of aromatic nitrogens is 4. The van der Waals surface area contributed by atoms with Crippen molar-refractivity contribution in [3.63, 3.8) is 0 Å². The van der Waals surface area contributed by atoms with Crippen LogP contribution >= 0.6 is 0 Å². The van der Waals surface area contributed by atoms with Crippen LogP contribution in [0.4, 0.5) is 5.82 Å². The van der Waals surface area contributed by atoms with E-state index in [0.29, 0.717) is 23.8 Å². The molecule has 0 unspecified atom stereocenters. The van der Waals surface area contributed by atoms with Gasteiger partial charge >= 0.3 is 0 Å². The van der Waals surface area contributed by atoms with Gasteiger partial charge in [-0.2, -0.15) is 9.50 Å². The van der Waals surface area contributed by atoms with Crippen LogP contribution in [0.25, 0.3) is 17.2 Å². The number of unbranched alkanes of at least 4 members (excludes halogenated alkanes) is 1. The molecule has 0 atom stereocenters. The minimum Gasteiger partial charge on any atom is -0.310 e. The molecule has 0 saturated heterocycles. The van der Waals surface area contributed by atoms with E-state index in [0.717, 1.165) is 24.0 Å². The molecule has 0 spiro atoms. The maximum atomic E-state index is 12.0. The number of aromatic amines is 1. The van der Waals surface area contributed by atoms with E-state index in [2.05, 4.69) is 20.4 Å². The number of fused-ring (bicyclic) bond motifs is 1. The van der Waals surface area contributed by atoms with E-state index < -0.39 is 0 Å². The van der Waals surface area contributed by atoms with Gasteiger partial charge in [0, 0.05) is 18.1 Å². The zero-order chi connectivity index (χ0) is 17.1. The van der Waals surface area contributed by atoms with Crippen LogP contribution in [0, 0.1) is 6.92 Å². The van der Waals surface area contributed by atoms with Crippen LogP contribution in [0.15, 0.2) is 35.1 Å². The third-order valence-electron chi connectivity index (χ3n) is 3.67. The molecule has 0 aliphatic carbocycles. The average molecular weight is 325 g/mol. The first-order chi connectivity index (χ1) is 11.6. The van der Waals surface area contributed by atoms with E-state index in [1.54, 1.807) is 0 Å². The zero-order valence-electron chi connectivity index (χ0n) is 13.7. The summed E-state index contributed by atoms with van der Waals surface area (Å²) in [6, 6.07) is 9.09. The number of benzene rings is 1. The smallest absolute Gasteiger partial charge is 0.254 e. The van der Waals surface area contributed by atoms with Crippen LogP contribution in [0.1, 0.15) is 31.7 Å². The third kappa shape index (κ3) is 3.34. The summed E-state index contributed by atoms with van der Waals surface area (Å²) in [5.74, 6) is 0.960. The first-order valence-electron chi connectivity index (χ1n) is 7.94. The highest BCUT2D eigenvalue weighted by Gasteiger charge is 2.12. The lowest BCUT2D eigenvalue weighted by Crippen LogP contribution is -2.18. The molecule has 3 aromatic rings. The fourth-order valence-corrected chi connectivity index (χ4v) is 2.35. The number of amides is 1. The molecule has 124 valence electrons. The van der Waals surface area contributed by atoms with Gasteiger partial charge in [0.15, 0.2) is 5.82 Å². The van der Waals surface area contributed by atoms with Gasteiger partial charge in [0.25, 0.3) is 5.56 Å². The van der Waals surface area contributed by atoms with Crippen molar-refractivity contribution in [1.82, 2.24) is 19.6 Å². The molecule has 2 N–H and O–H groups in total. The van der Waals surface area contributed by atoms with Crippen molar-refractivity contribution >= 4 is 17.5 Å². The molecule has 0 saturated carbocycles. The van der Waals surface area contributed by atoms with Gasteiger partial charge in [-0.05, 0) is 13.3 Å². The summed E-state index contributed by atoms with van der Waals surface area (Å²) in [7, 11) is 0. The van der Waals surface area contributed by atoms with Gasteiger partial charge in [0.05, 0.1) is 0 Å². The highest BCUT2D eigenvalue weighted by atomic mass is 16.2. The summed E-state index contributed by atoms with van der Waals surface area (Å²) in [5.41, 5.74) is 1.64. The Balaban J connectivity index is 1.99. The molecule has 0 radical (unpaired) electrons. The largest absolute Gasteiger partial charge is 0.310 e. The van der Waals surface area contributed by atoms with Gasteiger partial charge in [-0.15, -0.1) is 5.10 Å². The number of rotatable bonds is 5. The number of anilines is 1. The molecule has 2 aromatic heterocycles. The monoisotopic (exact) mass is 325 g/mol. The first-order valence-corrected chi connectivity index (χ1v) is 7.94. The summed E-state index contributed by atoms with van der Waals surface area (Å²) >= 11 is 0. The van der Waals surface area contributed by atoms with Gasteiger partial charge in [0.1, 0.15) is 5.82 Å². The highest BCUT2D eigenvalue weighted by Crippen LogP contribution is 2.17. The summed E-state index contributed by atoms with van der Waals surface area (Å²) in [4.78, 5) is 30.7. The predicted octanol–water partition coefficient (Wildman–Crippen LogP) is 2.52. The molecule has 2 heterocycles. The average Bonchev–Trinajstić information content (AvgIpc) is 2.97. The van der Waals surface area contributed by atoms with Crippen LogP contribution in [-0.2, 0) is 4.79 Å². The van der Waals surface area contributed by atoms with Gasteiger partial charge in [-0.1, -0.05) is 43.2 Å². The Kier molecular flexibility index (Phi) is 4.41. The van der Waals surface area contributed by atoms with E-state index in [1.807, 2.05) is 38.1 Å². The quantitative estimate of drug-likeness (QED) is 0.754. The molecule has 0 aliphatic heterocycles. The highest BCUT2D eigenvalue weighted by molar-refractivity contribution is 5.90. The van der Waals surface area contributed by atoms with Crippen LogP contribution < -0.4 is 10.9 Å². The molecule has 0 fully saturated rings. The van der Waals surface area contributed by atoms with Crippen LogP contribution in [0.3, 0.4) is 0 Å². The van der Waals surface area contributed by atoms with Gasteiger partial charge in [0.2, 0.25) is 11.7 Å². The van der Waals surface area contributed by atoms with E-state index in [9.17, 15) is 9.59 Å².